The number of aliphatic hydroxyl groups excluding tert-OH is 1. The maximum absolute atomic E-state index is 11.8. The third kappa shape index (κ3) is 4.66. The van der Waals surface area contributed by atoms with Crippen molar-refractivity contribution < 1.29 is 14.7 Å². The zero-order chi connectivity index (χ0) is 17.4. The van der Waals surface area contributed by atoms with Gasteiger partial charge in [-0.15, -0.1) is 0 Å². The Morgan fingerprint density at radius 3 is 2.42 bits per heavy atom. The molecule has 0 aliphatic heterocycles. The molecule has 0 fully saturated rings. The topological polar surface area (TPSA) is 102 Å². The largest absolute Gasteiger partial charge is 0.388 e. The minimum atomic E-state index is -0.855. The Hall–Kier alpha value is -3.17. The Morgan fingerprint density at radius 1 is 1.04 bits per heavy atom. The molecule has 0 aromatic heterocycles. The van der Waals surface area contributed by atoms with E-state index in [2.05, 4.69) is 10.6 Å². The van der Waals surface area contributed by atoms with Crippen molar-refractivity contribution >= 4 is 17.5 Å². The molecule has 0 heterocycles. The smallest absolute Gasteiger partial charge is 0.313 e. The molecule has 0 unspecified atom stereocenters. The fourth-order valence-corrected chi connectivity index (χ4v) is 2.11. The Labute approximate surface area is 139 Å². The molecule has 6 heteroatoms. The summed E-state index contributed by atoms with van der Waals surface area (Å²) in [5.41, 5.74) is 1.31. The van der Waals surface area contributed by atoms with Crippen LogP contribution in [-0.4, -0.2) is 23.5 Å². The Bertz CT molecular complexity index is 754. The number of hydrogen-bond donors (Lipinski definition) is 3. The predicted octanol–water partition coefficient (Wildman–Crippen LogP) is 1.74. The van der Waals surface area contributed by atoms with E-state index in [0.717, 1.165) is 5.56 Å². The molecular weight excluding hydrogens is 306 g/mol. The first-order valence-corrected chi connectivity index (χ1v) is 7.43. The number of carbonyl (C=O) groups excluding carboxylic acids is 2. The van der Waals surface area contributed by atoms with Crippen LogP contribution in [0, 0.1) is 11.3 Å². The minimum absolute atomic E-state index is 0.155. The van der Waals surface area contributed by atoms with Crippen LogP contribution in [0.5, 0.6) is 0 Å². The van der Waals surface area contributed by atoms with Crippen LogP contribution >= 0.6 is 0 Å². The van der Waals surface area contributed by atoms with Gasteiger partial charge in [-0.25, -0.2) is 0 Å². The Balaban J connectivity index is 1.82. The highest BCUT2D eigenvalue weighted by molar-refractivity contribution is 6.39. The number of benzene rings is 2. The molecule has 3 N–H and O–H groups in total. The molecule has 0 radical (unpaired) electrons. The number of hydrogen-bond acceptors (Lipinski definition) is 4. The first-order valence-electron chi connectivity index (χ1n) is 7.43. The fraction of sp³-hybridized carbons (Fsp3) is 0.167. The molecule has 2 aromatic carbocycles. The highest BCUT2D eigenvalue weighted by Gasteiger charge is 2.15. The average Bonchev–Trinajstić information content (AvgIpc) is 2.62. The summed E-state index contributed by atoms with van der Waals surface area (Å²) < 4.78 is 0. The summed E-state index contributed by atoms with van der Waals surface area (Å²) in [5.74, 6) is -1.67. The number of nitrogens with zero attached hydrogens (tertiary/aromatic N) is 1. The highest BCUT2D eigenvalue weighted by atomic mass is 16.3. The second-order valence-corrected chi connectivity index (χ2v) is 5.08. The van der Waals surface area contributed by atoms with Crippen molar-refractivity contribution in [3.05, 3.63) is 65.7 Å². The standard InChI is InChI=1S/C18H17N3O3/c19-12-14-8-4-5-9-15(14)21-18(24)17(23)20-11-10-16(22)13-6-2-1-3-7-13/h1-9,16,22H,10-11H2,(H,20,23)(H,21,24)/t16-/m0/s1. The van der Waals surface area contributed by atoms with Crippen molar-refractivity contribution in [1.29, 1.82) is 5.26 Å². The first-order chi connectivity index (χ1) is 11.6. The third-order valence-electron chi connectivity index (χ3n) is 3.39. The number of rotatable bonds is 5. The maximum Gasteiger partial charge on any atom is 0.313 e. The van der Waals surface area contributed by atoms with Gasteiger partial charge >= 0.3 is 11.8 Å². The second-order valence-electron chi connectivity index (χ2n) is 5.08. The van der Waals surface area contributed by atoms with Crippen LogP contribution in [0.15, 0.2) is 54.6 Å². The van der Waals surface area contributed by atoms with E-state index in [1.165, 1.54) is 0 Å². The number of amides is 2. The van der Waals surface area contributed by atoms with Crippen molar-refractivity contribution in [2.45, 2.75) is 12.5 Å². The number of para-hydroxylation sites is 1. The summed E-state index contributed by atoms with van der Waals surface area (Å²) in [6.07, 6.45) is -0.425. The summed E-state index contributed by atoms with van der Waals surface area (Å²) in [4.78, 5) is 23.6. The average molecular weight is 323 g/mol. The lowest BCUT2D eigenvalue weighted by molar-refractivity contribution is -0.136. The molecule has 2 aromatic rings. The number of nitrogens with one attached hydrogen (secondary N) is 2. The lowest BCUT2D eigenvalue weighted by Gasteiger charge is -2.11. The summed E-state index contributed by atoms with van der Waals surface area (Å²) >= 11 is 0. The van der Waals surface area contributed by atoms with Gasteiger partial charge in [0.1, 0.15) is 6.07 Å². The van der Waals surface area contributed by atoms with Crippen LogP contribution in [0.3, 0.4) is 0 Å². The molecule has 24 heavy (non-hydrogen) atoms. The number of nitriles is 1. The van der Waals surface area contributed by atoms with Crippen LogP contribution in [0.4, 0.5) is 5.69 Å². The predicted molar refractivity (Wildman–Crippen MR) is 88.8 cm³/mol. The molecule has 0 aliphatic rings. The molecule has 0 saturated heterocycles. The SMILES string of the molecule is N#Cc1ccccc1NC(=O)C(=O)NCC[C@H](O)c1ccccc1. The van der Waals surface area contributed by atoms with Crippen LogP contribution in [0.1, 0.15) is 23.7 Å². The van der Waals surface area contributed by atoms with Gasteiger partial charge in [0.25, 0.3) is 0 Å². The van der Waals surface area contributed by atoms with Gasteiger partial charge in [-0.05, 0) is 24.1 Å². The van der Waals surface area contributed by atoms with E-state index in [0.29, 0.717) is 0 Å². The van der Waals surface area contributed by atoms with Crippen molar-refractivity contribution in [3.8, 4) is 6.07 Å². The highest BCUT2D eigenvalue weighted by Crippen LogP contribution is 2.15. The van der Waals surface area contributed by atoms with E-state index >= 15 is 0 Å². The lowest BCUT2D eigenvalue weighted by Crippen LogP contribution is -2.36. The van der Waals surface area contributed by atoms with Gasteiger partial charge in [-0.3, -0.25) is 9.59 Å². The zero-order valence-corrected chi connectivity index (χ0v) is 12.9. The van der Waals surface area contributed by atoms with E-state index in [1.54, 1.807) is 36.4 Å². The van der Waals surface area contributed by atoms with Gasteiger partial charge in [0, 0.05) is 6.54 Å². The molecule has 0 spiro atoms. The quantitative estimate of drug-likeness (QED) is 0.729. The molecule has 0 saturated carbocycles. The van der Waals surface area contributed by atoms with Gasteiger partial charge in [0.05, 0.1) is 17.4 Å². The van der Waals surface area contributed by atoms with Crippen LogP contribution in [0.2, 0.25) is 0 Å². The van der Waals surface area contributed by atoms with Crippen LogP contribution in [0.25, 0.3) is 0 Å². The van der Waals surface area contributed by atoms with Gasteiger partial charge in [0.2, 0.25) is 0 Å². The lowest BCUT2D eigenvalue weighted by atomic mass is 10.1. The van der Waals surface area contributed by atoms with E-state index < -0.39 is 17.9 Å². The van der Waals surface area contributed by atoms with E-state index in [-0.39, 0.29) is 24.2 Å². The summed E-state index contributed by atoms with van der Waals surface area (Å²) in [6, 6.07) is 17.4. The van der Waals surface area contributed by atoms with E-state index in [4.69, 9.17) is 5.26 Å². The molecular formula is C18H17N3O3. The zero-order valence-electron chi connectivity index (χ0n) is 12.9. The molecule has 6 nitrogen and oxygen atoms in total. The second kappa shape index (κ2) is 8.46. The Kier molecular flexibility index (Phi) is 6.06. The number of anilines is 1. The minimum Gasteiger partial charge on any atom is -0.388 e. The van der Waals surface area contributed by atoms with Crippen molar-refractivity contribution in [2.75, 3.05) is 11.9 Å². The summed E-state index contributed by atoms with van der Waals surface area (Å²) in [6.45, 7) is 0.155. The van der Waals surface area contributed by atoms with Gasteiger partial charge in [-0.2, -0.15) is 5.26 Å². The van der Waals surface area contributed by atoms with Crippen LogP contribution < -0.4 is 10.6 Å². The first kappa shape index (κ1) is 17.2. The van der Waals surface area contributed by atoms with Crippen molar-refractivity contribution in [2.24, 2.45) is 0 Å². The van der Waals surface area contributed by atoms with Gasteiger partial charge in [0.15, 0.2) is 0 Å². The molecule has 2 amide bonds. The van der Waals surface area contributed by atoms with E-state index in [1.807, 2.05) is 24.3 Å². The number of carbonyl (C=O) groups is 2. The number of aliphatic hydroxyl groups is 1. The normalized spacial score (nSPS) is 11.2. The third-order valence-corrected chi connectivity index (χ3v) is 3.39. The molecule has 1 atom stereocenters. The van der Waals surface area contributed by atoms with Crippen LogP contribution in [-0.2, 0) is 9.59 Å². The Morgan fingerprint density at radius 2 is 1.71 bits per heavy atom. The molecule has 122 valence electrons. The van der Waals surface area contributed by atoms with E-state index in [9.17, 15) is 14.7 Å². The molecule has 0 aliphatic carbocycles. The van der Waals surface area contributed by atoms with Gasteiger partial charge in [-0.1, -0.05) is 42.5 Å². The fourth-order valence-electron chi connectivity index (χ4n) is 2.11. The monoisotopic (exact) mass is 323 g/mol. The van der Waals surface area contributed by atoms with Crippen molar-refractivity contribution in [3.63, 3.8) is 0 Å². The molecule has 0 bridgehead atoms. The maximum atomic E-state index is 11.8. The van der Waals surface area contributed by atoms with Crippen molar-refractivity contribution in [1.82, 2.24) is 5.32 Å². The molecule has 2 rings (SSSR count). The summed E-state index contributed by atoms with van der Waals surface area (Å²) in [5, 5.41) is 23.8. The summed E-state index contributed by atoms with van der Waals surface area (Å²) in [7, 11) is 0. The van der Waals surface area contributed by atoms with Gasteiger partial charge < -0.3 is 15.7 Å².